The van der Waals surface area contributed by atoms with Gasteiger partial charge in [-0.15, -0.1) is 0 Å². The lowest BCUT2D eigenvalue weighted by Crippen LogP contribution is -2.48. The summed E-state index contributed by atoms with van der Waals surface area (Å²) in [6.45, 7) is 17.2. The Morgan fingerprint density at radius 2 is 1.67 bits per heavy atom. The van der Waals surface area contributed by atoms with Gasteiger partial charge in [-0.1, -0.05) is 32.9 Å². The number of aliphatic hydroxyl groups is 1. The first kappa shape index (κ1) is 26.5. The van der Waals surface area contributed by atoms with Crippen LogP contribution in [-0.4, -0.2) is 56.4 Å². The second-order valence-corrected chi connectivity index (χ2v) is 15.0. The van der Waals surface area contributed by atoms with Gasteiger partial charge in [-0.3, -0.25) is 0 Å². The van der Waals surface area contributed by atoms with Crippen molar-refractivity contribution in [1.29, 1.82) is 0 Å². The molecular weight excluding hydrogens is 398 g/mol. The highest BCUT2D eigenvalue weighted by molar-refractivity contribution is 6.74. The number of carbonyl (C=O) groups is 1. The second-order valence-electron chi connectivity index (χ2n) is 10.2. The van der Waals surface area contributed by atoms with Crippen molar-refractivity contribution in [3.63, 3.8) is 0 Å². The maximum Gasteiger partial charge on any atom is 0.410 e. The minimum atomic E-state index is -2.06. The summed E-state index contributed by atoms with van der Waals surface area (Å²) in [5.41, 5.74) is 0.374. The van der Waals surface area contributed by atoms with Crippen LogP contribution in [0.1, 0.15) is 53.5 Å². The smallest absolute Gasteiger partial charge is 0.410 e. The zero-order valence-corrected chi connectivity index (χ0v) is 21.2. The molecule has 1 aromatic carbocycles. The molecule has 0 saturated carbocycles. The molecule has 0 saturated heterocycles. The van der Waals surface area contributed by atoms with Crippen LogP contribution < -0.4 is 4.74 Å². The third-order valence-electron chi connectivity index (χ3n) is 5.33. The van der Waals surface area contributed by atoms with Crippen LogP contribution in [-0.2, 0) is 15.7 Å². The fourth-order valence-corrected chi connectivity index (χ4v) is 4.03. The number of rotatable bonds is 9. The molecule has 30 heavy (non-hydrogen) atoms. The number of ether oxygens (including phenoxy) is 2. The zero-order chi connectivity index (χ0) is 23.2. The number of nitrogens with zero attached hydrogens (tertiary/aromatic N) is 1. The molecule has 0 radical (unpaired) electrons. The minimum Gasteiger partial charge on any atom is -0.497 e. The number of hydrogen-bond acceptors (Lipinski definition) is 5. The predicted molar refractivity (Wildman–Crippen MR) is 123 cm³/mol. The van der Waals surface area contributed by atoms with E-state index in [4.69, 9.17) is 13.9 Å². The second kappa shape index (κ2) is 10.6. The summed E-state index contributed by atoms with van der Waals surface area (Å²) in [5.74, 6) is 0.766. The molecule has 1 atom stereocenters. The van der Waals surface area contributed by atoms with Crippen LogP contribution >= 0.6 is 0 Å². The first-order valence-electron chi connectivity index (χ1n) is 10.6. The predicted octanol–water partition coefficient (Wildman–Crippen LogP) is 5.21. The van der Waals surface area contributed by atoms with Gasteiger partial charge in [0.15, 0.2) is 8.32 Å². The average Bonchev–Trinajstić information content (AvgIpc) is 2.59. The lowest BCUT2D eigenvalue weighted by Gasteiger charge is -2.40. The van der Waals surface area contributed by atoms with Gasteiger partial charge < -0.3 is 23.9 Å². The Kier molecular flexibility index (Phi) is 9.39. The summed E-state index contributed by atoms with van der Waals surface area (Å²) < 4.78 is 17.4. The van der Waals surface area contributed by atoms with Gasteiger partial charge in [0.25, 0.3) is 0 Å². The quantitative estimate of drug-likeness (QED) is 0.535. The van der Waals surface area contributed by atoms with Crippen molar-refractivity contribution >= 4 is 14.4 Å². The molecule has 0 fully saturated rings. The first-order valence-corrected chi connectivity index (χ1v) is 13.5. The minimum absolute atomic E-state index is 0.00395. The first-order chi connectivity index (χ1) is 13.7. The van der Waals surface area contributed by atoms with Gasteiger partial charge in [0.2, 0.25) is 0 Å². The molecule has 0 aliphatic rings. The summed E-state index contributed by atoms with van der Waals surface area (Å²) in [7, 11) is -0.440. The van der Waals surface area contributed by atoms with E-state index in [-0.39, 0.29) is 23.8 Å². The molecule has 6 nitrogen and oxygen atoms in total. The van der Waals surface area contributed by atoms with Crippen LogP contribution in [0.15, 0.2) is 24.3 Å². The Bertz CT molecular complexity index is 662. The van der Waals surface area contributed by atoms with Crippen LogP contribution in [0.5, 0.6) is 5.75 Å². The molecule has 0 bridgehead atoms. The lowest BCUT2D eigenvalue weighted by atomic mass is 10.2. The third-order valence-corrected chi connectivity index (χ3v) is 9.86. The van der Waals surface area contributed by atoms with Gasteiger partial charge >= 0.3 is 6.09 Å². The highest BCUT2D eigenvalue weighted by Crippen LogP contribution is 2.37. The summed E-state index contributed by atoms with van der Waals surface area (Å²) in [6, 6.07) is 7.62. The monoisotopic (exact) mass is 439 g/mol. The SMILES string of the molecule is COc1ccc(CN(C[C@@H](CCO)O[Si](C)(C)C(C)(C)C)C(=O)OC(C)(C)C)cc1. The molecule has 0 unspecified atom stereocenters. The molecule has 172 valence electrons. The molecule has 1 amide bonds. The van der Waals surface area contributed by atoms with Crippen LogP contribution in [0.25, 0.3) is 0 Å². The zero-order valence-electron chi connectivity index (χ0n) is 20.2. The fraction of sp³-hybridized carbons (Fsp3) is 0.696. The topological polar surface area (TPSA) is 68.2 Å². The fourth-order valence-electron chi connectivity index (χ4n) is 2.65. The highest BCUT2D eigenvalue weighted by atomic mass is 28.4. The van der Waals surface area contributed by atoms with Crippen LogP contribution in [0.3, 0.4) is 0 Å². The van der Waals surface area contributed by atoms with Crippen molar-refractivity contribution in [3.05, 3.63) is 29.8 Å². The van der Waals surface area contributed by atoms with E-state index in [0.29, 0.717) is 19.5 Å². The van der Waals surface area contributed by atoms with Crippen molar-refractivity contribution < 1.29 is 23.8 Å². The lowest BCUT2D eigenvalue weighted by molar-refractivity contribution is 0.0115. The molecule has 0 aliphatic carbocycles. The third kappa shape index (κ3) is 8.66. The standard InChI is InChI=1S/C23H41NO5Si/c1-22(2,3)28-21(26)24(16-18-10-12-19(27-7)13-11-18)17-20(14-15-25)29-30(8,9)23(4,5)6/h10-13,20,25H,14-17H2,1-9H3/t20-/m1/s1. The van der Waals surface area contributed by atoms with E-state index in [1.807, 2.05) is 45.0 Å². The van der Waals surface area contributed by atoms with E-state index < -0.39 is 13.9 Å². The number of carbonyl (C=O) groups excluding carboxylic acids is 1. The van der Waals surface area contributed by atoms with Crippen molar-refractivity contribution in [2.45, 2.75) is 84.3 Å². The Morgan fingerprint density at radius 3 is 2.10 bits per heavy atom. The van der Waals surface area contributed by atoms with E-state index in [1.54, 1.807) is 12.0 Å². The van der Waals surface area contributed by atoms with Crippen LogP contribution in [0.2, 0.25) is 18.1 Å². The maximum absolute atomic E-state index is 13.0. The average molecular weight is 440 g/mol. The molecule has 0 aromatic heterocycles. The van der Waals surface area contributed by atoms with E-state index in [0.717, 1.165) is 11.3 Å². The summed E-state index contributed by atoms with van der Waals surface area (Å²) in [6.07, 6.45) is -0.184. The molecule has 1 rings (SSSR count). The number of amides is 1. The van der Waals surface area contributed by atoms with Crippen LogP contribution in [0.4, 0.5) is 4.79 Å². The van der Waals surface area contributed by atoms with Gasteiger partial charge in [-0.25, -0.2) is 4.79 Å². The van der Waals surface area contributed by atoms with E-state index in [1.165, 1.54) is 0 Å². The Morgan fingerprint density at radius 1 is 1.10 bits per heavy atom. The highest BCUT2D eigenvalue weighted by Gasteiger charge is 2.39. The largest absolute Gasteiger partial charge is 0.497 e. The van der Waals surface area contributed by atoms with Crippen LogP contribution in [0, 0.1) is 0 Å². The van der Waals surface area contributed by atoms with E-state index >= 15 is 0 Å². The molecule has 1 aromatic rings. The number of aliphatic hydroxyl groups excluding tert-OH is 1. The number of methoxy groups -OCH3 is 1. The van der Waals surface area contributed by atoms with Crippen molar-refractivity contribution in [3.8, 4) is 5.75 Å². The summed E-state index contributed by atoms with van der Waals surface area (Å²) >= 11 is 0. The normalized spacial score (nSPS) is 13.7. The van der Waals surface area contributed by atoms with Crippen molar-refractivity contribution in [2.75, 3.05) is 20.3 Å². The Balaban J connectivity index is 3.08. The number of hydrogen-bond donors (Lipinski definition) is 1. The van der Waals surface area contributed by atoms with Gasteiger partial charge in [0.05, 0.1) is 13.2 Å². The van der Waals surface area contributed by atoms with Gasteiger partial charge in [0, 0.05) is 19.7 Å². The summed E-state index contributed by atoms with van der Waals surface area (Å²) in [4.78, 5) is 14.6. The Labute approximate surface area is 183 Å². The number of benzene rings is 1. The van der Waals surface area contributed by atoms with E-state index in [9.17, 15) is 9.90 Å². The maximum atomic E-state index is 13.0. The Hall–Kier alpha value is -1.57. The van der Waals surface area contributed by atoms with Crippen molar-refractivity contribution in [2.24, 2.45) is 0 Å². The van der Waals surface area contributed by atoms with Gasteiger partial charge in [-0.05, 0) is 63.0 Å². The molecule has 1 N–H and O–H groups in total. The molecule has 0 aliphatic heterocycles. The molecular formula is C23H41NO5Si. The summed E-state index contributed by atoms with van der Waals surface area (Å²) in [5, 5.41) is 9.64. The molecule has 0 heterocycles. The molecule has 0 spiro atoms. The van der Waals surface area contributed by atoms with Gasteiger partial charge in [0.1, 0.15) is 11.4 Å². The molecule has 7 heteroatoms. The van der Waals surface area contributed by atoms with Crippen molar-refractivity contribution in [1.82, 2.24) is 4.90 Å². The van der Waals surface area contributed by atoms with Gasteiger partial charge in [-0.2, -0.15) is 0 Å². The van der Waals surface area contributed by atoms with E-state index in [2.05, 4.69) is 33.9 Å².